The molecule has 0 aliphatic carbocycles. The Morgan fingerprint density at radius 1 is 0.301 bits per heavy atom. The van der Waals surface area contributed by atoms with Crippen LogP contribution in [0.5, 0.6) is 0 Å². The van der Waals surface area contributed by atoms with Crippen LogP contribution in [-0.2, 0) is 0 Å². The van der Waals surface area contributed by atoms with Crippen LogP contribution in [0.1, 0.15) is 130 Å². The van der Waals surface area contributed by atoms with Crippen LogP contribution in [0, 0.1) is 157 Å². The zero-order valence-electron chi connectivity index (χ0n) is 80.4. The molecule has 22 rings (SSSR count). The minimum Gasteiger partial charge on any atom is -0.461 e. The fraction of sp³-hybridized carbons (Fsp3) is 0.195. The number of imidazole rings is 1. The molecule has 0 bridgehead atoms. The number of aryl methyl sites for hydroxylation is 21. The summed E-state index contributed by atoms with van der Waals surface area (Å²) < 4.78 is 71.9. The molecule has 9 aromatic carbocycles. The summed E-state index contributed by atoms with van der Waals surface area (Å²) in [6.45, 7) is 41.4. The number of pyridine rings is 6. The van der Waals surface area contributed by atoms with Crippen LogP contribution in [-0.4, -0.2) is 59.8 Å². The molecule has 696 valence electrons. The van der Waals surface area contributed by atoms with Crippen LogP contribution in [0.2, 0.25) is 10.0 Å². The predicted molar refractivity (Wildman–Crippen MR) is 553 cm³/mol. The van der Waals surface area contributed by atoms with Crippen LogP contribution in [0.3, 0.4) is 0 Å². The van der Waals surface area contributed by atoms with Gasteiger partial charge >= 0.3 is 0 Å². The summed E-state index contributed by atoms with van der Waals surface area (Å²) in [5, 5.41) is 8.78. The van der Waals surface area contributed by atoms with E-state index >= 15 is 0 Å². The number of aromatic amines is 1. The third kappa shape index (κ3) is 33.6. The molecule has 0 saturated heterocycles. The number of furan rings is 3. The molecule has 23 heteroatoms. The molecule has 0 amide bonds. The first-order chi connectivity index (χ1) is 64.9. The third-order valence-corrected chi connectivity index (χ3v) is 21.4. The number of benzene rings is 9. The van der Waals surface area contributed by atoms with Gasteiger partial charge in [-0.2, -0.15) is 0 Å². The number of hydrogen-bond acceptors (Lipinski definition) is 16. The Kier molecular flexibility index (Phi) is 38.5. The first-order valence-electron chi connectivity index (χ1n) is 43.9. The van der Waals surface area contributed by atoms with Gasteiger partial charge in [0, 0.05) is 116 Å². The van der Waals surface area contributed by atoms with Gasteiger partial charge in [-0.25, -0.2) is 32.5 Å². The maximum absolute atomic E-state index is 13.0. The average Bonchev–Trinajstić information content (AvgIpc) is 1.69. The smallest absolute Gasteiger partial charge is 0.281 e. The van der Waals surface area contributed by atoms with Crippen LogP contribution in [0.25, 0.3) is 98.0 Å². The second kappa shape index (κ2) is 50.5. The summed E-state index contributed by atoms with van der Waals surface area (Å²) in [5.74, 6) is 3.55. The number of fused-ring (bicyclic) bond motifs is 9. The Balaban J connectivity index is 0.000000153. The maximum atomic E-state index is 13.0. The second-order valence-electron chi connectivity index (χ2n) is 32.8. The Bertz CT molecular complexity index is 6980. The van der Waals surface area contributed by atoms with E-state index in [0.717, 1.165) is 117 Å². The van der Waals surface area contributed by atoms with Gasteiger partial charge in [-0.15, -0.1) is 11.3 Å². The summed E-state index contributed by atoms with van der Waals surface area (Å²) in [6, 6.07) is 79.4. The van der Waals surface area contributed by atoms with Crippen LogP contribution >= 0.6 is 34.5 Å². The Hall–Kier alpha value is -14.5. The highest BCUT2D eigenvalue weighted by atomic mass is 35.5. The highest BCUT2D eigenvalue weighted by molar-refractivity contribution is 7.18. The number of hydrogen-bond donors (Lipinski definition) is 1. The van der Waals surface area contributed by atoms with Gasteiger partial charge < -0.3 is 22.7 Å². The Labute approximate surface area is 805 Å². The molecule has 0 spiro atoms. The summed E-state index contributed by atoms with van der Waals surface area (Å²) in [4.78, 5) is 48.3. The van der Waals surface area contributed by atoms with E-state index < -0.39 is 12.2 Å². The maximum Gasteiger partial charge on any atom is 0.281 e. The number of aromatic nitrogens is 12. The van der Waals surface area contributed by atoms with E-state index in [-0.39, 0.29) is 16.5 Å². The van der Waals surface area contributed by atoms with Crippen molar-refractivity contribution in [2.45, 2.75) is 152 Å². The Morgan fingerprint density at radius 2 is 0.787 bits per heavy atom. The van der Waals surface area contributed by atoms with Gasteiger partial charge in [0.1, 0.15) is 62.7 Å². The average molecular weight is 1880 g/mol. The fourth-order valence-corrected chi connectivity index (χ4v) is 14.1. The quantitative estimate of drug-likeness (QED) is 0.152. The molecule has 22 aromatic rings. The number of para-hydroxylation sites is 1. The predicted octanol–water partition coefficient (Wildman–Crippen LogP) is 32.4. The summed E-state index contributed by atoms with van der Waals surface area (Å²) in [5.41, 5.74) is 26.6. The van der Waals surface area contributed by atoms with Gasteiger partial charge in [-0.3, -0.25) is 39.9 Å². The molecule has 13 aromatic heterocycles. The number of nitrogens with one attached hydrogen (secondary N) is 1. The minimum absolute atomic E-state index is 0.128. The normalized spacial score (nSPS) is 10.4. The van der Waals surface area contributed by atoms with Crippen molar-refractivity contribution in [2.24, 2.45) is 0 Å². The Morgan fingerprint density at radius 3 is 1.39 bits per heavy atom. The van der Waals surface area contributed by atoms with E-state index in [9.17, 15) is 17.6 Å². The number of halogens is 6. The summed E-state index contributed by atoms with van der Waals surface area (Å²) in [6.07, 6.45) is 9.22. The molecule has 0 fully saturated rings. The van der Waals surface area contributed by atoms with E-state index in [4.69, 9.17) is 40.9 Å². The third-order valence-electron chi connectivity index (χ3n) is 19.9. The minimum atomic E-state index is -2.52. The zero-order valence-corrected chi connectivity index (χ0v) is 82.8. The molecule has 16 nitrogen and oxygen atoms in total. The number of nitrogens with zero attached hydrogens (tertiary/aromatic N) is 11. The van der Waals surface area contributed by atoms with Crippen molar-refractivity contribution in [1.29, 1.82) is 0 Å². The highest BCUT2D eigenvalue weighted by Crippen LogP contribution is 2.28. The number of H-pyrrole nitrogens is 1. The lowest BCUT2D eigenvalue weighted by Gasteiger charge is -1.98. The van der Waals surface area contributed by atoms with Crippen molar-refractivity contribution in [3.63, 3.8) is 0 Å². The molecule has 0 saturated carbocycles. The van der Waals surface area contributed by atoms with Crippen LogP contribution < -0.4 is 0 Å². The van der Waals surface area contributed by atoms with Gasteiger partial charge in [0.05, 0.1) is 59.7 Å². The molecular weight excluding hydrogens is 1770 g/mol. The van der Waals surface area contributed by atoms with Crippen molar-refractivity contribution in [3.8, 4) is 0 Å². The van der Waals surface area contributed by atoms with Gasteiger partial charge in [0.25, 0.3) is 6.43 Å². The lowest BCUT2D eigenvalue weighted by molar-refractivity contribution is 0.145. The topological polar surface area (TPSA) is 210 Å². The van der Waals surface area contributed by atoms with Crippen LogP contribution in [0.4, 0.5) is 17.6 Å². The van der Waals surface area contributed by atoms with Crippen LogP contribution in [0.15, 0.2) is 304 Å². The van der Waals surface area contributed by atoms with E-state index in [2.05, 4.69) is 217 Å². The standard InChI is InChI=1S/C11H11N.C10H8ClN.C10H9N.C10H10O.C9H6ClFO.C9H8FNO.C9H10N2.C9H9NS.C9H8O.3C7H9N.C6H6F2N2/c1-8-3-4-10-5-9(2)7-12-11(10)6-8;1-7-2-3-8-4-5-9(11)6-10(8)12-7;1-8-4-5-9-3-2-6-11-10(9)7-8;1-7-3-4-10-9(5-7)6-8(2)11-10;1-5-2-6-3-7(10)8(11)4-9(6)12-5;1-5-3-8-9(4-7(5)10)12-6(2)11-8;1-6-3-4-8-9(5-6)11-7(2)10-8;1-6-3-4-9-8(5-6)10-7(2)11-9;1-7-6-8-4-2-3-5-9(8)10-7;3*1-6-3-4-7(2)8-5-6;1-4-2-10-5(3-9-4)6(7)8/h3-7H,1-2H3;2-6H,1H3;2-7H,1H3;3-6H,1-2H3;2-4H,1H3;3-4H,1-2H3;3-5H,1-2H3,(H,10,11);3-5H,1-2H3;2-6H,1H3;3*3-5H,1-2H3;2-3,6H,1H3. The van der Waals surface area contributed by atoms with Gasteiger partial charge in [0.15, 0.2) is 11.5 Å². The summed E-state index contributed by atoms with van der Waals surface area (Å²) >= 11 is 13.2. The first kappa shape index (κ1) is 104. The number of rotatable bonds is 1. The number of alkyl halides is 2. The molecule has 0 radical (unpaired) electrons. The SMILES string of the molecule is Cc1cc2cc(Cl)c(F)cc2o1.Cc1cc2ccccc2o1.Cc1ccc(C)nc1.Cc1ccc(C)nc1.Cc1ccc(C)nc1.Cc1ccc2ccc(Cl)cc2n1.Cc1ccc2cccnc2c1.Cc1ccc2nc(C)[nH]c2c1.Cc1ccc2oc(C)cc2c1.Cc1ccc2sc(C)nc2c1.Cc1cnc(C(F)F)cn1.Cc1cnc2cc(C)ccc2c1.Cc1nc2cc(C)c(F)cc2o1. The van der Waals surface area contributed by atoms with Gasteiger partial charge in [-0.1, -0.05) is 126 Å². The number of oxazole rings is 1. The lowest BCUT2D eigenvalue weighted by atomic mass is 10.1. The molecule has 0 aliphatic rings. The van der Waals surface area contributed by atoms with Gasteiger partial charge in [-0.05, 0) is 322 Å². The van der Waals surface area contributed by atoms with E-state index in [1.54, 1.807) is 44.2 Å². The summed E-state index contributed by atoms with van der Waals surface area (Å²) in [7, 11) is 0. The van der Waals surface area contributed by atoms with Crippen molar-refractivity contribution in [2.75, 3.05) is 0 Å². The number of thiazole rings is 1. The highest BCUT2D eigenvalue weighted by Gasteiger charge is 2.11. The first-order valence-corrected chi connectivity index (χ1v) is 45.5. The molecule has 136 heavy (non-hydrogen) atoms. The van der Waals surface area contributed by atoms with Crippen molar-refractivity contribution in [3.05, 3.63) is 432 Å². The molecule has 0 unspecified atom stereocenters. The van der Waals surface area contributed by atoms with E-state index in [1.165, 1.54) is 94.6 Å². The second-order valence-corrected chi connectivity index (χ2v) is 34.9. The molecule has 0 aliphatic heterocycles. The van der Waals surface area contributed by atoms with Gasteiger partial charge in [0.2, 0.25) is 0 Å². The van der Waals surface area contributed by atoms with Crippen molar-refractivity contribution in [1.82, 2.24) is 59.8 Å². The molecule has 13 heterocycles. The molecule has 0 atom stereocenters. The van der Waals surface area contributed by atoms with Crippen molar-refractivity contribution >= 4 is 133 Å². The zero-order chi connectivity index (χ0) is 98.2. The van der Waals surface area contributed by atoms with E-state index in [1.807, 2.05) is 217 Å². The van der Waals surface area contributed by atoms with E-state index in [0.29, 0.717) is 33.8 Å². The largest absolute Gasteiger partial charge is 0.461 e. The fourth-order valence-electron chi connectivity index (χ4n) is 13.0. The van der Waals surface area contributed by atoms with Crippen molar-refractivity contribution < 1.29 is 35.2 Å². The lowest BCUT2D eigenvalue weighted by Crippen LogP contribution is -1.91. The molecular formula is C113H112Cl2F4N12O4S. The monoisotopic (exact) mass is 1880 g/mol. The molecule has 1 N–H and O–H groups in total.